The second kappa shape index (κ2) is 2.97. The molecule has 4 nitrogen and oxygen atoms in total. The molecule has 1 aromatic heterocycles. The van der Waals surface area contributed by atoms with E-state index in [1.54, 1.807) is 4.68 Å². The van der Waals surface area contributed by atoms with Crippen molar-refractivity contribution in [1.82, 2.24) is 15.0 Å². The summed E-state index contributed by atoms with van der Waals surface area (Å²) in [6, 6.07) is 0. The third-order valence-corrected chi connectivity index (χ3v) is 1.13. The van der Waals surface area contributed by atoms with Crippen LogP contribution in [0.5, 0.6) is 0 Å². The van der Waals surface area contributed by atoms with Crippen LogP contribution in [0.25, 0.3) is 4.85 Å². The molecular formula is C6H8N4. The first-order valence-corrected chi connectivity index (χ1v) is 3.01. The van der Waals surface area contributed by atoms with Crippen LogP contribution in [-0.2, 0) is 13.5 Å². The maximum absolute atomic E-state index is 6.53. The number of rotatable bonds is 2. The van der Waals surface area contributed by atoms with Gasteiger partial charge in [0.1, 0.15) is 0 Å². The molecule has 0 saturated carbocycles. The molecule has 4 heteroatoms. The molecule has 0 unspecified atom stereocenters. The van der Waals surface area contributed by atoms with Crippen LogP contribution >= 0.6 is 0 Å². The summed E-state index contributed by atoms with van der Waals surface area (Å²) in [6.07, 6.45) is 2.53. The van der Waals surface area contributed by atoms with Crippen LogP contribution in [0.15, 0.2) is 6.20 Å². The summed E-state index contributed by atoms with van der Waals surface area (Å²) in [7, 11) is 1.81. The Hall–Kier alpha value is -1.37. The minimum atomic E-state index is 0.499. The Balaban J connectivity index is 2.52. The van der Waals surface area contributed by atoms with Gasteiger partial charge >= 0.3 is 0 Å². The molecule has 0 aliphatic heterocycles. The van der Waals surface area contributed by atoms with Gasteiger partial charge < -0.3 is 4.85 Å². The molecule has 0 aliphatic carbocycles. The van der Waals surface area contributed by atoms with E-state index in [0.29, 0.717) is 13.0 Å². The Kier molecular flexibility index (Phi) is 2.00. The van der Waals surface area contributed by atoms with E-state index in [4.69, 9.17) is 6.57 Å². The third kappa shape index (κ3) is 1.55. The van der Waals surface area contributed by atoms with Crippen molar-refractivity contribution in [2.45, 2.75) is 6.42 Å². The van der Waals surface area contributed by atoms with Crippen molar-refractivity contribution in [3.05, 3.63) is 23.3 Å². The lowest BCUT2D eigenvalue weighted by Crippen LogP contribution is -1.86. The number of aryl methyl sites for hydroxylation is 1. The molecular weight excluding hydrogens is 128 g/mol. The topological polar surface area (TPSA) is 35.1 Å². The van der Waals surface area contributed by atoms with Crippen molar-refractivity contribution in [2.75, 3.05) is 6.54 Å². The van der Waals surface area contributed by atoms with E-state index in [-0.39, 0.29) is 0 Å². The van der Waals surface area contributed by atoms with Crippen LogP contribution in [-0.4, -0.2) is 21.5 Å². The molecule has 10 heavy (non-hydrogen) atoms. The van der Waals surface area contributed by atoms with Gasteiger partial charge in [-0.3, -0.25) is 4.68 Å². The highest BCUT2D eigenvalue weighted by molar-refractivity contribution is 4.93. The van der Waals surface area contributed by atoms with Gasteiger partial charge in [0.05, 0.1) is 12.1 Å². The first kappa shape index (κ1) is 6.75. The van der Waals surface area contributed by atoms with Crippen molar-refractivity contribution in [1.29, 1.82) is 0 Å². The van der Waals surface area contributed by atoms with Gasteiger partial charge in [0.2, 0.25) is 6.54 Å². The standard InChI is InChI=1S/C6H8N4/c1-7-4-3-6-5-10(2)9-8-6/h5H,3-4H2,2H3. The SMILES string of the molecule is [C-]#[N+]CCc1cn(C)nn1. The van der Waals surface area contributed by atoms with E-state index < -0.39 is 0 Å². The normalized spacial score (nSPS) is 9.20. The lowest BCUT2D eigenvalue weighted by atomic mass is 10.3. The second-order valence-electron chi connectivity index (χ2n) is 2.02. The summed E-state index contributed by atoms with van der Waals surface area (Å²) in [5.74, 6) is 0. The molecule has 52 valence electrons. The first-order chi connectivity index (χ1) is 4.83. The molecule has 0 saturated heterocycles. The monoisotopic (exact) mass is 136 g/mol. The zero-order valence-electron chi connectivity index (χ0n) is 5.78. The maximum atomic E-state index is 6.53. The summed E-state index contributed by atoms with van der Waals surface area (Å²) in [5, 5.41) is 7.56. The molecule has 0 aromatic carbocycles. The molecule has 0 spiro atoms. The molecule has 0 amide bonds. The predicted molar refractivity (Wildman–Crippen MR) is 36.2 cm³/mol. The van der Waals surface area contributed by atoms with Crippen LogP contribution in [0.4, 0.5) is 0 Å². The van der Waals surface area contributed by atoms with Crippen LogP contribution in [0.3, 0.4) is 0 Å². The molecule has 0 bridgehead atoms. The van der Waals surface area contributed by atoms with Crippen molar-refractivity contribution in [2.24, 2.45) is 7.05 Å². The highest BCUT2D eigenvalue weighted by atomic mass is 15.4. The Morgan fingerprint density at radius 2 is 2.60 bits per heavy atom. The van der Waals surface area contributed by atoms with Crippen molar-refractivity contribution in [3.8, 4) is 0 Å². The molecule has 1 heterocycles. The number of hydrogen-bond donors (Lipinski definition) is 0. The van der Waals surface area contributed by atoms with Gasteiger partial charge in [0, 0.05) is 13.2 Å². The molecule has 0 aliphatic rings. The van der Waals surface area contributed by atoms with Crippen molar-refractivity contribution >= 4 is 0 Å². The van der Waals surface area contributed by atoms with Crippen molar-refractivity contribution < 1.29 is 0 Å². The van der Waals surface area contributed by atoms with Crippen molar-refractivity contribution in [3.63, 3.8) is 0 Å². The summed E-state index contributed by atoms with van der Waals surface area (Å²) < 4.78 is 1.64. The number of aromatic nitrogens is 3. The Morgan fingerprint density at radius 3 is 3.10 bits per heavy atom. The van der Waals surface area contributed by atoms with Gasteiger partial charge in [0.15, 0.2) is 0 Å². The zero-order chi connectivity index (χ0) is 7.40. The fraction of sp³-hybridized carbons (Fsp3) is 0.500. The predicted octanol–water partition coefficient (Wildman–Crippen LogP) is 0.277. The van der Waals surface area contributed by atoms with Crippen LogP contribution in [0.2, 0.25) is 0 Å². The molecule has 0 atom stereocenters. The molecule has 1 aromatic rings. The van der Waals surface area contributed by atoms with Gasteiger partial charge in [-0.25, -0.2) is 6.57 Å². The summed E-state index contributed by atoms with van der Waals surface area (Å²) in [6.45, 7) is 7.03. The van der Waals surface area contributed by atoms with Gasteiger partial charge in [-0.05, 0) is 0 Å². The smallest absolute Gasteiger partial charge is 0.220 e. The Labute approximate surface area is 59.3 Å². The second-order valence-corrected chi connectivity index (χ2v) is 2.02. The summed E-state index contributed by atoms with van der Waals surface area (Å²) >= 11 is 0. The number of hydrogen-bond acceptors (Lipinski definition) is 2. The largest absolute Gasteiger partial charge is 0.317 e. The van der Waals surface area contributed by atoms with E-state index >= 15 is 0 Å². The number of nitrogens with zero attached hydrogens (tertiary/aromatic N) is 4. The Morgan fingerprint density at radius 1 is 1.80 bits per heavy atom. The van der Waals surface area contributed by atoms with Crippen LogP contribution in [0, 0.1) is 6.57 Å². The van der Waals surface area contributed by atoms with E-state index in [1.165, 1.54) is 0 Å². The minimum absolute atomic E-state index is 0.499. The molecule has 0 radical (unpaired) electrons. The van der Waals surface area contributed by atoms with Gasteiger partial charge in [-0.2, -0.15) is 0 Å². The quantitative estimate of drug-likeness (QED) is 0.547. The van der Waals surface area contributed by atoms with Gasteiger partial charge in [-0.15, -0.1) is 5.10 Å². The Bertz CT molecular complexity index is 244. The average molecular weight is 136 g/mol. The van der Waals surface area contributed by atoms with Crippen LogP contribution in [0.1, 0.15) is 5.69 Å². The first-order valence-electron chi connectivity index (χ1n) is 3.01. The van der Waals surface area contributed by atoms with E-state index in [9.17, 15) is 0 Å². The third-order valence-electron chi connectivity index (χ3n) is 1.13. The van der Waals surface area contributed by atoms with E-state index in [0.717, 1.165) is 5.69 Å². The fourth-order valence-corrected chi connectivity index (χ4v) is 0.680. The summed E-state index contributed by atoms with van der Waals surface area (Å²) in [5.41, 5.74) is 0.888. The highest BCUT2D eigenvalue weighted by Crippen LogP contribution is 1.91. The molecule has 0 N–H and O–H groups in total. The average Bonchev–Trinajstić information content (AvgIpc) is 2.31. The molecule has 1 rings (SSSR count). The summed E-state index contributed by atoms with van der Waals surface area (Å²) in [4.78, 5) is 3.21. The highest BCUT2D eigenvalue weighted by Gasteiger charge is 1.97. The van der Waals surface area contributed by atoms with E-state index in [2.05, 4.69) is 15.2 Å². The van der Waals surface area contributed by atoms with Crippen LogP contribution < -0.4 is 0 Å². The minimum Gasteiger partial charge on any atom is -0.317 e. The fourth-order valence-electron chi connectivity index (χ4n) is 0.680. The zero-order valence-corrected chi connectivity index (χ0v) is 5.78. The maximum Gasteiger partial charge on any atom is 0.220 e. The van der Waals surface area contributed by atoms with Gasteiger partial charge in [-0.1, -0.05) is 5.21 Å². The van der Waals surface area contributed by atoms with E-state index in [1.807, 2.05) is 13.2 Å². The lowest BCUT2D eigenvalue weighted by molar-refractivity contribution is 0.713. The molecule has 0 fully saturated rings. The lowest BCUT2D eigenvalue weighted by Gasteiger charge is -1.81. The van der Waals surface area contributed by atoms with Gasteiger partial charge in [0.25, 0.3) is 0 Å².